The molecule has 1 aliphatic carbocycles. The molecule has 2 N–H and O–H groups in total. The first-order chi connectivity index (χ1) is 10.2. The summed E-state index contributed by atoms with van der Waals surface area (Å²) in [6.07, 6.45) is 6.17. The summed E-state index contributed by atoms with van der Waals surface area (Å²) in [4.78, 5) is 0. The smallest absolute Gasteiger partial charge is 0.119 e. The van der Waals surface area contributed by atoms with E-state index in [4.69, 9.17) is 15.2 Å². The van der Waals surface area contributed by atoms with Gasteiger partial charge in [0.2, 0.25) is 0 Å². The van der Waals surface area contributed by atoms with Crippen molar-refractivity contribution in [2.24, 2.45) is 11.7 Å². The molecule has 1 aliphatic rings. The molecule has 1 unspecified atom stereocenters. The fraction of sp³-hybridized carbons (Fsp3) is 0.667. The van der Waals surface area contributed by atoms with Crippen molar-refractivity contribution in [2.45, 2.75) is 51.0 Å². The Morgan fingerprint density at radius 3 is 2.33 bits per heavy atom. The molecular formula is C18H29NO2. The molecule has 0 spiro atoms. The van der Waals surface area contributed by atoms with Gasteiger partial charge in [0, 0.05) is 13.2 Å². The van der Waals surface area contributed by atoms with Gasteiger partial charge in [-0.1, -0.05) is 19.1 Å². The lowest BCUT2D eigenvalue weighted by molar-refractivity contribution is 0.146. The van der Waals surface area contributed by atoms with E-state index >= 15 is 0 Å². The average Bonchev–Trinajstić information content (AvgIpc) is 2.55. The number of hydrogen-bond donors (Lipinski definition) is 1. The van der Waals surface area contributed by atoms with Crippen LogP contribution in [0.4, 0.5) is 0 Å². The highest BCUT2D eigenvalue weighted by Crippen LogP contribution is 2.37. The number of hydrogen-bond acceptors (Lipinski definition) is 3. The lowest BCUT2D eigenvalue weighted by Gasteiger charge is -2.32. The van der Waals surface area contributed by atoms with E-state index in [-0.39, 0.29) is 0 Å². The number of methoxy groups -OCH3 is 1. The number of benzene rings is 1. The standard InChI is InChI=1S/C18H29NO2/c1-3-18(19)16-6-4-14(5-7-16)15-8-10-17(11-9-15)21-13-12-20-2/h8-11,14,16,18H,3-7,12-13,19H2,1-2H3. The van der Waals surface area contributed by atoms with Crippen molar-refractivity contribution >= 4 is 0 Å². The Hall–Kier alpha value is -1.06. The summed E-state index contributed by atoms with van der Waals surface area (Å²) in [7, 11) is 1.69. The molecule has 21 heavy (non-hydrogen) atoms. The topological polar surface area (TPSA) is 44.5 Å². The maximum absolute atomic E-state index is 6.18. The molecule has 1 atom stereocenters. The monoisotopic (exact) mass is 291 g/mol. The Morgan fingerprint density at radius 2 is 1.76 bits per heavy atom. The molecule has 3 heteroatoms. The van der Waals surface area contributed by atoms with E-state index in [9.17, 15) is 0 Å². The maximum atomic E-state index is 6.18. The van der Waals surface area contributed by atoms with Gasteiger partial charge in [-0.2, -0.15) is 0 Å². The summed E-state index contributed by atoms with van der Waals surface area (Å²) >= 11 is 0. The molecule has 0 aromatic heterocycles. The van der Waals surface area contributed by atoms with Gasteiger partial charge in [0.15, 0.2) is 0 Å². The van der Waals surface area contributed by atoms with Crippen molar-refractivity contribution in [3.05, 3.63) is 29.8 Å². The van der Waals surface area contributed by atoms with Crippen LogP contribution in [0.5, 0.6) is 5.75 Å². The van der Waals surface area contributed by atoms with Crippen molar-refractivity contribution in [1.29, 1.82) is 0 Å². The Morgan fingerprint density at radius 1 is 1.10 bits per heavy atom. The van der Waals surface area contributed by atoms with Crippen LogP contribution >= 0.6 is 0 Å². The minimum Gasteiger partial charge on any atom is -0.491 e. The summed E-state index contributed by atoms with van der Waals surface area (Å²) in [5.41, 5.74) is 7.63. The van der Waals surface area contributed by atoms with Crippen LogP contribution in [-0.2, 0) is 4.74 Å². The molecular weight excluding hydrogens is 262 g/mol. The first-order valence-electron chi connectivity index (χ1n) is 8.21. The van der Waals surface area contributed by atoms with E-state index in [1.807, 2.05) is 0 Å². The number of nitrogens with two attached hydrogens (primary N) is 1. The van der Waals surface area contributed by atoms with Crippen LogP contribution in [0, 0.1) is 5.92 Å². The van der Waals surface area contributed by atoms with Crippen LogP contribution in [0.15, 0.2) is 24.3 Å². The van der Waals surface area contributed by atoms with Gasteiger partial charge in [0.05, 0.1) is 6.61 Å². The molecule has 1 saturated carbocycles. The number of rotatable bonds is 7. The minimum atomic E-state index is 0.391. The minimum absolute atomic E-state index is 0.391. The predicted molar refractivity (Wildman–Crippen MR) is 86.8 cm³/mol. The van der Waals surface area contributed by atoms with Crippen LogP contribution in [0.3, 0.4) is 0 Å². The van der Waals surface area contributed by atoms with Crippen molar-refractivity contribution in [2.75, 3.05) is 20.3 Å². The fourth-order valence-electron chi connectivity index (χ4n) is 3.29. The van der Waals surface area contributed by atoms with Gasteiger partial charge in [-0.05, 0) is 61.6 Å². The molecule has 0 heterocycles. The molecule has 3 nitrogen and oxygen atoms in total. The summed E-state index contributed by atoms with van der Waals surface area (Å²) in [6.45, 7) is 3.43. The van der Waals surface area contributed by atoms with E-state index in [0.29, 0.717) is 25.2 Å². The summed E-state index contributed by atoms with van der Waals surface area (Å²) in [5, 5.41) is 0. The van der Waals surface area contributed by atoms with Gasteiger partial charge < -0.3 is 15.2 Å². The van der Waals surface area contributed by atoms with E-state index in [2.05, 4.69) is 31.2 Å². The normalized spacial score (nSPS) is 23.8. The lowest BCUT2D eigenvalue weighted by atomic mass is 9.76. The van der Waals surface area contributed by atoms with Crippen molar-refractivity contribution in [3.63, 3.8) is 0 Å². The molecule has 2 rings (SSSR count). The molecule has 1 aromatic carbocycles. The van der Waals surface area contributed by atoms with Gasteiger partial charge in [-0.3, -0.25) is 0 Å². The van der Waals surface area contributed by atoms with Crippen LogP contribution in [-0.4, -0.2) is 26.4 Å². The second kappa shape index (κ2) is 8.40. The lowest BCUT2D eigenvalue weighted by Crippen LogP contribution is -2.32. The Labute approximate surface area is 128 Å². The average molecular weight is 291 g/mol. The molecule has 0 amide bonds. The molecule has 118 valence electrons. The molecule has 1 aromatic rings. The zero-order valence-electron chi connectivity index (χ0n) is 13.4. The highest BCUT2D eigenvalue weighted by atomic mass is 16.5. The fourth-order valence-corrected chi connectivity index (χ4v) is 3.29. The molecule has 1 fully saturated rings. The van der Waals surface area contributed by atoms with Crippen LogP contribution in [0.2, 0.25) is 0 Å². The summed E-state index contributed by atoms with van der Waals surface area (Å²) in [5.74, 6) is 2.35. The Balaban J connectivity index is 1.83. The van der Waals surface area contributed by atoms with Crippen molar-refractivity contribution < 1.29 is 9.47 Å². The maximum Gasteiger partial charge on any atom is 0.119 e. The van der Waals surface area contributed by atoms with E-state index in [0.717, 1.165) is 18.1 Å². The first-order valence-corrected chi connectivity index (χ1v) is 8.21. The highest BCUT2D eigenvalue weighted by Gasteiger charge is 2.25. The Kier molecular flexibility index (Phi) is 6.52. The van der Waals surface area contributed by atoms with Gasteiger partial charge >= 0.3 is 0 Å². The molecule has 0 saturated heterocycles. The SMILES string of the molecule is CCC(N)C1CCC(c2ccc(OCCOC)cc2)CC1. The second-order valence-electron chi connectivity index (χ2n) is 6.09. The predicted octanol–water partition coefficient (Wildman–Crippen LogP) is 3.72. The number of ether oxygens (including phenoxy) is 2. The van der Waals surface area contributed by atoms with Crippen LogP contribution in [0.1, 0.15) is 50.5 Å². The van der Waals surface area contributed by atoms with Gasteiger partial charge in [0.1, 0.15) is 12.4 Å². The van der Waals surface area contributed by atoms with Gasteiger partial charge in [0.25, 0.3) is 0 Å². The molecule has 0 radical (unpaired) electrons. The third kappa shape index (κ3) is 4.72. The van der Waals surface area contributed by atoms with Crippen molar-refractivity contribution in [1.82, 2.24) is 0 Å². The Bertz CT molecular complexity index is 396. The zero-order chi connectivity index (χ0) is 15.1. The molecule has 0 aliphatic heterocycles. The van der Waals surface area contributed by atoms with E-state index in [1.165, 1.54) is 31.2 Å². The molecule has 0 bridgehead atoms. The summed E-state index contributed by atoms with van der Waals surface area (Å²) < 4.78 is 10.6. The summed E-state index contributed by atoms with van der Waals surface area (Å²) in [6, 6.07) is 8.98. The second-order valence-corrected chi connectivity index (χ2v) is 6.09. The van der Waals surface area contributed by atoms with E-state index < -0.39 is 0 Å². The third-order valence-electron chi connectivity index (χ3n) is 4.76. The van der Waals surface area contributed by atoms with Crippen molar-refractivity contribution in [3.8, 4) is 5.75 Å². The van der Waals surface area contributed by atoms with Crippen LogP contribution in [0.25, 0.3) is 0 Å². The third-order valence-corrected chi connectivity index (χ3v) is 4.76. The van der Waals surface area contributed by atoms with Crippen LogP contribution < -0.4 is 10.5 Å². The highest BCUT2D eigenvalue weighted by molar-refractivity contribution is 5.29. The first kappa shape index (κ1) is 16.3. The largest absolute Gasteiger partial charge is 0.491 e. The zero-order valence-corrected chi connectivity index (χ0v) is 13.4. The quantitative estimate of drug-likeness (QED) is 0.779. The van der Waals surface area contributed by atoms with E-state index in [1.54, 1.807) is 7.11 Å². The van der Waals surface area contributed by atoms with Gasteiger partial charge in [-0.15, -0.1) is 0 Å². The van der Waals surface area contributed by atoms with Gasteiger partial charge in [-0.25, -0.2) is 0 Å².